The number of ether oxygens (including phenoxy) is 1. The van der Waals surface area contributed by atoms with Crippen molar-refractivity contribution in [1.82, 2.24) is 15.2 Å². The molecular formula is C19H16N4O10S2. The third kappa shape index (κ3) is 5.12. The maximum absolute atomic E-state index is 12.8. The van der Waals surface area contributed by atoms with Crippen LogP contribution >= 0.6 is 23.1 Å². The molecule has 184 valence electrons. The van der Waals surface area contributed by atoms with E-state index in [0.717, 1.165) is 0 Å². The second-order valence-corrected chi connectivity index (χ2v) is 8.83. The van der Waals surface area contributed by atoms with Crippen LogP contribution in [0.2, 0.25) is 0 Å². The van der Waals surface area contributed by atoms with E-state index in [1.165, 1.54) is 51.9 Å². The van der Waals surface area contributed by atoms with E-state index in [0.29, 0.717) is 5.75 Å². The van der Waals surface area contributed by atoms with E-state index in [4.69, 9.17) is 18.7 Å². The third-order valence-electron chi connectivity index (χ3n) is 4.75. The maximum Gasteiger partial charge on any atom is 0.519 e. The van der Waals surface area contributed by atoms with Crippen molar-refractivity contribution in [1.29, 1.82) is 0 Å². The predicted molar refractivity (Wildman–Crippen MR) is 117 cm³/mol. The van der Waals surface area contributed by atoms with Gasteiger partial charge in [-0.25, -0.2) is 19.4 Å². The number of nitrogens with one attached hydrogen (secondary N) is 1. The van der Waals surface area contributed by atoms with Gasteiger partial charge in [0.05, 0.1) is 5.51 Å². The normalized spacial score (nSPS) is 19.3. The number of nitrogens with zero attached hydrogens (tertiary/aromatic N) is 3. The number of rotatable bonds is 9. The van der Waals surface area contributed by atoms with Crippen LogP contribution in [-0.4, -0.2) is 68.2 Å². The number of hydrogen-bond donors (Lipinski definition) is 2. The lowest BCUT2D eigenvalue weighted by atomic mass is 10.0. The molecule has 0 spiro atoms. The highest BCUT2D eigenvalue weighted by molar-refractivity contribution is 8.00. The van der Waals surface area contributed by atoms with Crippen LogP contribution in [0.5, 0.6) is 0 Å². The molecule has 2 aliphatic heterocycles. The van der Waals surface area contributed by atoms with Gasteiger partial charge in [-0.15, -0.1) is 23.1 Å². The van der Waals surface area contributed by atoms with Crippen molar-refractivity contribution in [2.45, 2.75) is 24.9 Å². The number of thiazole rings is 1. The van der Waals surface area contributed by atoms with Gasteiger partial charge in [0.15, 0.2) is 23.8 Å². The Hall–Kier alpha value is -3.92. The molecule has 2 amide bonds. The zero-order valence-corrected chi connectivity index (χ0v) is 19.4. The Morgan fingerprint density at radius 1 is 1.34 bits per heavy atom. The number of amides is 2. The summed E-state index contributed by atoms with van der Waals surface area (Å²) in [5.41, 5.74) is 1.28. The van der Waals surface area contributed by atoms with Crippen molar-refractivity contribution < 1.29 is 42.7 Å². The van der Waals surface area contributed by atoms with Gasteiger partial charge in [-0.3, -0.25) is 14.5 Å². The van der Waals surface area contributed by atoms with Crippen LogP contribution in [0.3, 0.4) is 0 Å². The van der Waals surface area contributed by atoms with Crippen LogP contribution in [0.15, 0.2) is 41.4 Å². The van der Waals surface area contributed by atoms with Crippen LogP contribution in [0.25, 0.3) is 0 Å². The molecule has 14 nitrogen and oxygen atoms in total. The van der Waals surface area contributed by atoms with Crippen LogP contribution in [0, 0.1) is 6.92 Å². The summed E-state index contributed by atoms with van der Waals surface area (Å²) in [4.78, 5) is 69.8. The molecule has 2 aliphatic rings. The fourth-order valence-corrected chi connectivity index (χ4v) is 4.87. The molecule has 0 radical (unpaired) electrons. The van der Waals surface area contributed by atoms with Gasteiger partial charge in [0, 0.05) is 11.1 Å². The first-order chi connectivity index (χ1) is 16.8. The van der Waals surface area contributed by atoms with Crippen molar-refractivity contribution in [2.75, 3.05) is 12.4 Å². The molecule has 2 atom stereocenters. The summed E-state index contributed by atoms with van der Waals surface area (Å²) in [6.45, 7) is 0.341. The van der Waals surface area contributed by atoms with Crippen molar-refractivity contribution in [2.24, 2.45) is 5.16 Å². The lowest BCUT2D eigenvalue weighted by Gasteiger charge is -2.48. The molecule has 0 saturated carbocycles. The largest absolute Gasteiger partial charge is 0.519 e. The van der Waals surface area contributed by atoms with Crippen molar-refractivity contribution >= 4 is 52.6 Å². The Bertz CT molecular complexity index is 1280. The SMILES string of the molecule is Cc1oc(=O)oc1COC(=O)C1=CCS[C@H]2C(NC(=O)C(=NOCC(=O)O)c3cscn3)C(=O)N12. The van der Waals surface area contributed by atoms with E-state index in [1.807, 2.05) is 0 Å². The van der Waals surface area contributed by atoms with Crippen LogP contribution in [0.4, 0.5) is 0 Å². The first-order valence-corrected chi connectivity index (χ1v) is 11.8. The molecule has 0 aliphatic carbocycles. The number of thioether (sulfide) groups is 1. The van der Waals surface area contributed by atoms with E-state index >= 15 is 0 Å². The average molecular weight is 524 g/mol. The second kappa shape index (κ2) is 10.1. The molecule has 1 saturated heterocycles. The number of fused-ring (bicyclic) bond motifs is 1. The van der Waals surface area contributed by atoms with Crippen molar-refractivity contribution in [3.05, 3.63) is 50.5 Å². The first-order valence-electron chi connectivity index (χ1n) is 9.78. The molecule has 4 rings (SSSR count). The molecule has 2 aromatic rings. The third-order valence-corrected chi connectivity index (χ3v) is 6.52. The summed E-state index contributed by atoms with van der Waals surface area (Å²) in [5, 5.41) is 15.7. The summed E-state index contributed by atoms with van der Waals surface area (Å²) in [7, 11) is 0. The minimum atomic E-state index is -1.29. The highest BCUT2D eigenvalue weighted by atomic mass is 32.2. The van der Waals surface area contributed by atoms with Crippen LogP contribution in [-0.2, 0) is 35.4 Å². The second-order valence-electron chi connectivity index (χ2n) is 6.96. The minimum absolute atomic E-state index is 0.00840. The number of aliphatic carboxylic acids is 1. The molecule has 4 heterocycles. The van der Waals surface area contributed by atoms with E-state index in [2.05, 4.69) is 20.3 Å². The van der Waals surface area contributed by atoms with Crippen LogP contribution < -0.4 is 11.1 Å². The molecule has 35 heavy (non-hydrogen) atoms. The van der Waals surface area contributed by atoms with E-state index in [1.54, 1.807) is 0 Å². The maximum atomic E-state index is 12.8. The quantitative estimate of drug-likeness (QED) is 0.191. The van der Waals surface area contributed by atoms with E-state index in [9.17, 15) is 24.0 Å². The molecular weight excluding hydrogens is 508 g/mol. The Morgan fingerprint density at radius 3 is 2.80 bits per heavy atom. The van der Waals surface area contributed by atoms with E-state index in [-0.39, 0.29) is 35.2 Å². The van der Waals surface area contributed by atoms with Crippen molar-refractivity contribution in [3.8, 4) is 0 Å². The molecule has 16 heteroatoms. The van der Waals surface area contributed by atoms with Crippen molar-refractivity contribution in [3.63, 3.8) is 0 Å². The monoisotopic (exact) mass is 524 g/mol. The van der Waals surface area contributed by atoms with E-state index < -0.39 is 47.6 Å². The number of esters is 1. The summed E-state index contributed by atoms with van der Waals surface area (Å²) in [6, 6.07) is -0.985. The number of carbonyl (C=O) groups excluding carboxylic acids is 3. The lowest BCUT2D eigenvalue weighted by molar-refractivity contribution is -0.153. The highest BCUT2D eigenvalue weighted by Gasteiger charge is 2.53. The number of β-lactam (4-membered cyclic amide) rings is 1. The molecule has 1 fully saturated rings. The summed E-state index contributed by atoms with van der Waals surface area (Å²) < 4.78 is 14.6. The minimum Gasteiger partial charge on any atom is -0.479 e. The summed E-state index contributed by atoms with van der Waals surface area (Å²) >= 11 is 2.49. The number of carboxylic acids is 1. The lowest BCUT2D eigenvalue weighted by Crippen LogP contribution is -2.70. The predicted octanol–water partition coefficient (Wildman–Crippen LogP) is -0.170. The summed E-state index contributed by atoms with van der Waals surface area (Å²) in [5.74, 6) is -3.81. The number of carboxylic acid groups (broad SMARTS) is 1. The Kier molecular flexibility index (Phi) is 7.02. The standard InChI is InChI=1S/C19H16N4O10S2/c1-8-11(33-19(29)32-8)4-30-18(28)10-2-3-35-17-14(16(27)23(10)17)21-15(26)13(9-6-34-7-20-9)22-31-5-12(24)25/h2,6-7,14,17H,3-5H2,1H3,(H,21,26)(H,24,25)/t14?,17-/m0/s1. The number of carbonyl (C=O) groups is 4. The first kappa shape index (κ1) is 24.2. The van der Waals surface area contributed by atoms with Gasteiger partial charge in [0.25, 0.3) is 11.8 Å². The molecule has 1 unspecified atom stereocenters. The smallest absolute Gasteiger partial charge is 0.479 e. The van der Waals surface area contributed by atoms with Gasteiger partial charge in [-0.1, -0.05) is 5.16 Å². The zero-order valence-electron chi connectivity index (χ0n) is 17.8. The Labute approximate surface area is 203 Å². The van der Waals surface area contributed by atoms with Gasteiger partial charge >= 0.3 is 17.8 Å². The number of hydrogen-bond acceptors (Lipinski definition) is 13. The topological polar surface area (TPSA) is 191 Å². The highest BCUT2D eigenvalue weighted by Crippen LogP contribution is 2.38. The molecule has 2 aromatic heterocycles. The van der Waals surface area contributed by atoms with Crippen LogP contribution in [0.1, 0.15) is 17.2 Å². The average Bonchev–Trinajstić information content (AvgIpc) is 3.46. The number of oxime groups is 1. The van der Waals surface area contributed by atoms with Gasteiger partial charge in [0.2, 0.25) is 6.61 Å². The summed E-state index contributed by atoms with van der Waals surface area (Å²) in [6.07, 6.45) is 1.51. The number of aromatic nitrogens is 1. The fourth-order valence-electron chi connectivity index (χ4n) is 3.14. The van der Waals surface area contributed by atoms with Gasteiger partial charge in [-0.05, 0) is 13.0 Å². The number of aryl methyl sites for hydroxylation is 1. The molecule has 0 bridgehead atoms. The van der Waals surface area contributed by atoms with Gasteiger partial charge in [-0.2, -0.15) is 0 Å². The molecule has 2 N–H and O–H groups in total. The zero-order chi connectivity index (χ0) is 25.1. The fraction of sp³-hybridized carbons (Fsp3) is 0.316. The van der Waals surface area contributed by atoms with Gasteiger partial charge in [0.1, 0.15) is 22.8 Å². The Balaban J connectivity index is 1.41. The molecule has 0 aromatic carbocycles. The van der Waals surface area contributed by atoms with Gasteiger partial charge < -0.3 is 28.8 Å². The Morgan fingerprint density at radius 2 is 2.14 bits per heavy atom.